The average molecular weight is 366 g/mol. The predicted molar refractivity (Wildman–Crippen MR) is 91.9 cm³/mol. The maximum Gasteiger partial charge on any atom is 0.255 e. The number of ether oxygens (including phenoxy) is 3. The molecule has 2 fully saturated rings. The minimum Gasteiger partial charge on any atom is -0.469 e. The van der Waals surface area contributed by atoms with Crippen molar-refractivity contribution in [3.05, 3.63) is 23.2 Å². The topological polar surface area (TPSA) is 99.0 Å². The molecule has 0 radical (unpaired) electrons. The first-order valence-corrected chi connectivity index (χ1v) is 8.96. The van der Waals surface area contributed by atoms with E-state index in [1.54, 1.807) is 13.2 Å². The number of furan rings is 1. The first kappa shape index (κ1) is 18.9. The minimum atomic E-state index is -0.209. The monoisotopic (exact) mass is 366 g/mol. The van der Waals surface area contributed by atoms with Crippen molar-refractivity contribution >= 4 is 11.8 Å². The van der Waals surface area contributed by atoms with Gasteiger partial charge >= 0.3 is 0 Å². The van der Waals surface area contributed by atoms with Crippen molar-refractivity contribution in [3.63, 3.8) is 0 Å². The molecule has 1 aromatic heterocycles. The van der Waals surface area contributed by atoms with E-state index in [-0.39, 0.29) is 29.9 Å². The Morgan fingerprint density at radius 3 is 2.58 bits per heavy atom. The van der Waals surface area contributed by atoms with Gasteiger partial charge in [-0.2, -0.15) is 0 Å². The van der Waals surface area contributed by atoms with Crippen molar-refractivity contribution in [3.8, 4) is 0 Å². The van der Waals surface area contributed by atoms with E-state index >= 15 is 0 Å². The minimum absolute atomic E-state index is 0.0467. The Morgan fingerprint density at radius 2 is 1.88 bits per heavy atom. The zero-order valence-corrected chi connectivity index (χ0v) is 15.2. The molecule has 2 aliphatic heterocycles. The van der Waals surface area contributed by atoms with Gasteiger partial charge in [0.2, 0.25) is 5.91 Å². The second kappa shape index (κ2) is 8.66. The molecule has 2 aliphatic rings. The lowest BCUT2D eigenvalue weighted by molar-refractivity contribution is -0.127. The number of amides is 2. The van der Waals surface area contributed by atoms with E-state index in [4.69, 9.17) is 18.6 Å². The van der Waals surface area contributed by atoms with Gasteiger partial charge in [0.15, 0.2) is 0 Å². The van der Waals surface area contributed by atoms with E-state index in [1.165, 1.54) is 0 Å². The summed E-state index contributed by atoms with van der Waals surface area (Å²) in [7, 11) is 0. The Bertz CT molecular complexity index is 618. The molecular formula is C18H26N2O6. The second-order valence-corrected chi connectivity index (χ2v) is 6.76. The molecule has 2 N–H and O–H groups in total. The normalized spacial score (nSPS) is 25.8. The largest absolute Gasteiger partial charge is 0.469 e. The van der Waals surface area contributed by atoms with Gasteiger partial charge in [-0.25, -0.2) is 0 Å². The number of rotatable bonds is 6. The van der Waals surface area contributed by atoms with Crippen LogP contribution in [0.25, 0.3) is 0 Å². The third-order valence-corrected chi connectivity index (χ3v) is 4.72. The summed E-state index contributed by atoms with van der Waals surface area (Å²) in [6, 6.07) is 0. The molecule has 3 rings (SSSR count). The highest BCUT2D eigenvalue weighted by molar-refractivity contribution is 5.96. The Hall–Kier alpha value is -1.90. The standard InChI is InChI=1S/C18H26N2O6/c1-11-8-25-12(2)16(11)18(22)20-6-14-5-13(9-26-14)17(21)19-7-15-10-23-3-4-24-15/h8,13-15H,3-7,9-10H2,1-2H3,(H,19,21)(H,20,22)/t13-,14-,15?/m0/s1. The number of carbonyl (C=O) groups excluding carboxylic acids is 2. The van der Waals surface area contributed by atoms with E-state index in [0.29, 0.717) is 57.3 Å². The summed E-state index contributed by atoms with van der Waals surface area (Å²) in [4.78, 5) is 24.5. The molecule has 3 atom stereocenters. The van der Waals surface area contributed by atoms with Crippen LogP contribution in [-0.2, 0) is 19.0 Å². The number of nitrogens with one attached hydrogen (secondary N) is 2. The molecule has 0 saturated carbocycles. The van der Waals surface area contributed by atoms with Crippen LogP contribution in [0.4, 0.5) is 0 Å². The molecule has 2 amide bonds. The number of hydrogen-bond acceptors (Lipinski definition) is 6. The molecule has 26 heavy (non-hydrogen) atoms. The van der Waals surface area contributed by atoms with Crippen molar-refractivity contribution < 1.29 is 28.2 Å². The molecule has 0 aliphatic carbocycles. The lowest BCUT2D eigenvalue weighted by atomic mass is 10.0. The highest BCUT2D eigenvalue weighted by Gasteiger charge is 2.31. The van der Waals surface area contributed by atoms with E-state index in [9.17, 15) is 9.59 Å². The fourth-order valence-corrected chi connectivity index (χ4v) is 3.25. The Balaban J connectivity index is 1.39. The second-order valence-electron chi connectivity index (χ2n) is 6.76. The molecule has 1 aromatic rings. The van der Waals surface area contributed by atoms with Gasteiger partial charge in [-0.05, 0) is 20.3 Å². The number of hydrogen-bond donors (Lipinski definition) is 2. The van der Waals surface area contributed by atoms with Gasteiger partial charge in [0.05, 0.1) is 56.4 Å². The highest BCUT2D eigenvalue weighted by Crippen LogP contribution is 2.20. The Kier molecular flexibility index (Phi) is 6.29. The lowest BCUT2D eigenvalue weighted by Crippen LogP contribution is -2.42. The SMILES string of the molecule is Cc1coc(C)c1C(=O)NC[C@@H]1C[C@H](C(=O)NCC2COCCO2)CO1. The van der Waals surface area contributed by atoms with Crippen molar-refractivity contribution in [2.24, 2.45) is 5.92 Å². The Labute approximate surface area is 152 Å². The molecular weight excluding hydrogens is 340 g/mol. The van der Waals surface area contributed by atoms with E-state index in [1.807, 2.05) is 6.92 Å². The molecule has 0 aromatic carbocycles. The van der Waals surface area contributed by atoms with Crippen molar-refractivity contribution in [2.45, 2.75) is 32.5 Å². The van der Waals surface area contributed by atoms with E-state index < -0.39 is 0 Å². The predicted octanol–water partition coefficient (Wildman–Crippen LogP) is 0.563. The molecule has 2 saturated heterocycles. The van der Waals surface area contributed by atoms with Crippen LogP contribution in [0, 0.1) is 19.8 Å². The first-order chi connectivity index (χ1) is 12.5. The molecule has 8 nitrogen and oxygen atoms in total. The van der Waals surface area contributed by atoms with Crippen LogP contribution in [0.1, 0.15) is 28.1 Å². The van der Waals surface area contributed by atoms with Gasteiger partial charge in [0.25, 0.3) is 5.91 Å². The molecule has 0 spiro atoms. The van der Waals surface area contributed by atoms with Crippen LogP contribution >= 0.6 is 0 Å². The van der Waals surface area contributed by atoms with Gasteiger partial charge in [-0.1, -0.05) is 0 Å². The average Bonchev–Trinajstić information content (AvgIpc) is 3.25. The molecule has 8 heteroatoms. The third-order valence-electron chi connectivity index (χ3n) is 4.72. The zero-order valence-electron chi connectivity index (χ0n) is 15.2. The fourth-order valence-electron chi connectivity index (χ4n) is 3.25. The molecule has 144 valence electrons. The Morgan fingerprint density at radius 1 is 1.08 bits per heavy atom. The van der Waals surface area contributed by atoms with Crippen LogP contribution in [0.5, 0.6) is 0 Å². The van der Waals surface area contributed by atoms with Gasteiger partial charge in [-0.3, -0.25) is 9.59 Å². The fraction of sp³-hybridized carbons (Fsp3) is 0.667. The van der Waals surface area contributed by atoms with Crippen LogP contribution in [0.2, 0.25) is 0 Å². The summed E-state index contributed by atoms with van der Waals surface area (Å²) in [6.45, 7) is 6.42. The van der Waals surface area contributed by atoms with E-state index in [2.05, 4.69) is 10.6 Å². The highest BCUT2D eigenvalue weighted by atomic mass is 16.6. The van der Waals surface area contributed by atoms with Crippen LogP contribution in [0.3, 0.4) is 0 Å². The van der Waals surface area contributed by atoms with Gasteiger partial charge < -0.3 is 29.3 Å². The summed E-state index contributed by atoms with van der Waals surface area (Å²) in [5.41, 5.74) is 1.37. The smallest absolute Gasteiger partial charge is 0.255 e. The third kappa shape index (κ3) is 4.63. The van der Waals surface area contributed by atoms with E-state index in [0.717, 1.165) is 5.56 Å². The summed E-state index contributed by atoms with van der Waals surface area (Å²) < 4.78 is 21.7. The van der Waals surface area contributed by atoms with Gasteiger partial charge in [0, 0.05) is 18.7 Å². The summed E-state index contributed by atoms with van der Waals surface area (Å²) in [6.07, 6.45) is 1.89. The van der Waals surface area contributed by atoms with Crippen LogP contribution < -0.4 is 10.6 Å². The summed E-state index contributed by atoms with van der Waals surface area (Å²) in [5, 5.41) is 5.75. The maximum absolute atomic E-state index is 12.3. The number of aryl methyl sites for hydroxylation is 2. The quantitative estimate of drug-likeness (QED) is 0.763. The zero-order chi connectivity index (χ0) is 18.5. The van der Waals surface area contributed by atoms with Gasteiger partial charge in [-0.15, -0.1) is 0 Å². The van der Waals surface area contributed by atoms with Crippen LogP contribution in [0.15, 0.2) is 10.7 Å². The first-order valence-electron chi connectivity index (χ1n) is 8.96. The maximum atomic E-state index is 12.3. The summed E-state index contributed by atoms with van der Waals surface area (Å²) >= 11 is 0. The number of carbonyl (C=O) groups is 2. The molecule has 3 heterocycles. The summed E-state index contributed by atoms with van der Waals surface area (Å²) in [5.74, 6) is 0.159. The van der Waals surface area contributed by atoms with Crippen molar-refractivity contribution in [2.75, 3.05) is 39.5 Å². The van der Waals surface area contributed by atoms with Crippen molar-refractivity contribution in [1.82, 2.24) is 10.6 Å². The van der Waals surface area contributed by atoms with Crippen LogP contribution in [-0.4, -0.2) is 63.5 Å². The molecule has 1 unspecified atom stereocenters. The van der Waals surface area contributed by atoms with Crippen molar-refractivity contribution in [1.29, 1.82) is 0 Å². The van der Waals surface area contributed by atoms with Gasteiger partial charge in [0.1, 0.15) is 5.76 Å². The molecule has 0 bridgehead atoms. The lowest BCUT2D eigenvalue weighted by Gasteiger charge is -2.23.